The van der Waals surface area contributed by atoms with Crippen LogP contribution in [0.25, 0.3) is 0 Å². The number of carbonyl (C=O) groups is 2. The monoisotopic (exact) mass is 256 g/mol. The van der Waals surface area contributed by atoms with Gasteiger partial charge in [0.25, 0.3) is 0 Å². The van der Waals surface area contributed by atoms with E-state index >= 15 is 0 Å². The first-order chi connectivity index (χ1) is 8.27. The minimum Gasteiger partial charge on any atom is -0.481 e. The van der Waals surface area contributed by atoms with Crippen molar-refractivity contribution in [2.24, 2.45) is 35.5 Å². The van der Waals surface area contributed by atoms with Crippen LogP contribution in [0.15, 0.2) is 0 Å². The van der Waals surface area contributed by atoms with Crippen LogP contribution in [0.4, 0.5) is 0 Å². The molecule has 4 atom stereocenters. The molecule has 18 heavy (non-hydrogen) atoms. The third-order valence-electron chi connectivity index (χ3n) is 4.43. The van der Waals surface area contributed by atoms with Gasteiger partial charge in [-0.3, -0.25) is 9.59 Å². The minimum absolute atomic E-state index is 0.0291. The van der Waals surface area contributed by atoms with Crippen molar-refractivity contribution in [1.29, 1.82) is 0 Å². The summed E-state index contributed by atoms with van der Waals surface area (Å²) in [4.78, 5) is 23.0. The van der Waals surface area contributed by atoms with Crippen molar-refractivity contribution in [3.63, 3.8) is 0 Å². The smallest absolute Gasteiger partial charge is 0.307 e. The van der Waals surface area contributed by atoms with E-state index in [1.54, 1.807) is 0 Å². The number of hydrogen-bond acceptors (Lipinski definition) is 2. The normalized spacial score (nSPS) is 32.8. The molecule has 0 spiro atoms. The number of hydrogen-bond donors (Lipinski definition) is 2. The summed E-state index contributed by atoms with van der Waals surface area (Å²) in [5.74, 6) is -3.04. The van der Waals surface area contributed by atoms with Gasteiger partial charge in [-0.25, -0.2) is 0 Å². The highest BCUT2D eigenvalue weighted by molar-refractivity contribution is 5.80. The van der Waals surface area contributed by atoms with Gasteiger partial charge in [-0.05, 0) is 36.5 Å². The Morgan fingerprint density at radius 3 is 1.28 bits per heavy atom. The summed E-state index contributed by atoms with van der Waals surface area (Å²) in [7, 11) is 0. The van der Waals surface area contributed by atoms with Gasteiger partial charge in [0.15, 0.2) is 0 Å². The summed E-state index contributed by atoms with van der Waals surface area (Å²) < 4.78 is 0. The van der Waals surface area contributed by atoms with Gasteiger partial charge in [0.1, 0.15) is 0 Å². The lowest BCUT2D eigenvalue weighted by Crippen LogP contribution is -2.46. The molecule has 4 unspecified atom stereocenters. The topological polar surface area (TPSA) is 74.6 Å². The fraction of sp³-hybridized carbons (Fsp3) is 0.857. The molecular weight excluding hydrogens is 232 g/mol. The molecule has 1 saturated carbocycles. The van der Waals surface area contributed by atoms with Crippen molar-refractivity contribution in [2.75, 3.05) is 0 Å². The molecule has 2 N–H and O–H groups in total. The van der Waals surface area contributed by atoms with E-state index in [0.29, 0.717) is 0 Å². The van der Waals surface area contributed by atoms with Gasteiger partial charge >= 0.3 is 11.9 Å². The Bertz CT molecular complexity index is 290. The molecule has 0 heterocycles. The fourth-order valence-electron chi connectivity index (χ4n) is 3.45. The number of aliphatic carboxylic acids is 2. The zero-order chi connectivity index (χ0) is 14.0. The third kappa shape index (κ3) is 2.85. The zero-order valence-corrected chi connectivity index (χ0v) is 11.6. The summed E-state index contributed by atoms with van der Waals surface area (Å²) in [6.45, 7) is 7.93. The van der Waals surface area contributed by atoms with Crippen LogP contribution >= 0.6 is 0 Å². The van der Waals surface area contributed by atoms with Crippen molar-refractivity contribution in [1.82, 2.24) is 0 Å². The molecule has 4 nitrogen and oxygen atoms in total. The van der Waals surface area contributed by atoms with Crippen LogP contribution in [0.5, 0.6) is 0 Å². The summed E-state index contributed by atoms with van der Waals surface area (Å²) in [5, 5.41) is 18.8. The van der Waals surface area contributed by atoms with Gasteiger partial charge in [-0.15, -0.1) is 0 Å². The quantitative estimate of drug-likeness (QED) is 0.811. The second kappa shape index (κ2) is 5.72. The molecule has 4 heteroatoms. The maximum absolute atomic E-state index is 11.5. The lowest BCUT2D eigenvalue weighted by atomic mass is 9.61. The molecule has 0 aromatic heterocycles. The van der Waals surface area contributed by atoms with Crippen molar-refractivity contribution in [3.05, 3.63) is 0 Å². The molecule has 0 aliphatic heterocycles. The molecule has 0 aromatic carbocycles. The highest BCUT2D eigenvalue weighted by Crippen LogP contribution is 2.45. The molecular formula is C14H24O4. The van der Waals surface area contributed by atoms with E-state index in [2.05, 4.69) is 0 Å². The van der Waals surface area contributed by atoms with Crippen LogP contribution in [0.3, 0.4) is 0 Å². The molecule has 0 aromatic rings. The van der Waals surface area contributed by atoms with Gasteiger partial charge in [-0.2, -0.15) is 0 Å². The Labute approximate surface area is 108 Å². The summed E-state index contributed by atoms with van der Waals surface area (Å²) in [6, 6.07) is 0. The van der Waals surface area contributed by atoms with Crippen LogP contribution in [0, 0.1) is 35.5 Å². The first-order valence-electron chi connectivity index (χ1n) is 6.73. The van der Waals surface area contributed by atoms with Gasteiger partial charge in [-0.1, -0.05) is 27.7 Å². The average Bonchev–Trinajstić information content (AvgIpc) is 2.26. The highest BCUT2D eigenvalue weighted by Gasteiger charge is 2.48. The Morgan fingerprint density at radius 2 is 1.11 bits per heavy atom. The Morgan fingerprint density at radius 1 is 0.833 bits per heavy atom. The Kier molecular flexibility index (Phi) is 4.77. The number of rotatable bonds is 4. The van der Waals surface area contributed by atoms with E-state index in [-0.39, 0.29) is 23.7 Å². The van der Waals surface area contributed by atoms with Crippen LogP contribution in [-0.4, -0.2) is 22.2 Å². The van der Waals surface area contributed by atoms with Gasteiger partial charge in [0.2, 0.25) is 0 Å². The molecule has 104 valence electrons. The second-order valence-corrected chi connectivity index (χ2v) is 6.12. The van der Waals surface area contributed by atoms with E-state index in [4.69, 9.17) is 0 Å². The van der Waals surface area contributed by atoms with Crippen molar-refractivity contribution in [2.45, 2.75) is 40.5 Å². The first-order valence-corrected chi connectivity index (χ1v) is 6.73. The predicted octanol–water partition coefficient (Wildman–Crippen LogP) is 2.73. The maximum atomic E-state index is 11.5. The largest absolute Gasteiger partial charge is 0.481 e. The summed E-state index contributed by atoms with van der Waals surface area (Å²) in [6.07, 6.45) is 1.64. The first kappa shape index (κ1) is 15.0. The van der Waals surface area contributed by atoms with Gasteiger partial charge in [0, 0.05) is 0 Å². The number of carboxylic acid groups (broad SMARTS) is 2. The minimum atomic E-state index is -0.952. The Hall–Kier alpha value is -1.06. The van der Waals surface area contributed by atoms with E-state index in [0.717, 1.165) is 12.8 Å². The van der Waals surface area contributed by atoms with Crippen LogP contribution < -0.4 is 0 Å². The molecule has 0 saturated heterocycles. The van der Waals surface area contributed by atoms with Gasteiger partial charge in [0.05, 0.1) is 11.8 Å². The van der Waals surface area contributed by atoms with E-state index in [1.165, 1.54) is 0 Å². The van der Waals surface area contributed by atoms with Crippen LogP contribution in [0.1, 0.15) is 40.5 Å². The standard InChI is InChI=1S/C14H24O4/c1-7(2)9-5-6-10(8(3)4)12(14(17)18)11(9)13(15)16/h7-12H,5-6H2,1-4H3,(H,15,16)(H,17,18). The number of carboxylic acids is 2. The molecule has 1 rings (SSSR count). The SMILES string of the molecule is CC(C)C1CCC(C(C)C)C(C(=O)O)C1C(=O)O. The lowest BCUT2D eigenvalue weighted by molar-refractivity contribution is -0.164. The molecule has 0 bridgehead atoms. The molecule has 1 aliphatic carbocycles. The van der Waals surface area contributed by atoms with Crippen molar-refractivity contribution < 1.29 is 19.8 Å². The fourth-order valence-corrected chi connectivity index (χ4v) is 3.45. The van der Waals surface area contributed by atoms with E-state index in [1.807, 2.05) is 27.7 Å². The molecule has 0 amide bonds. The van der Waals surface area contributed by atoms with Crippen molar-refractivity contribution in [3.8, 4) is 0 Å². The van der Waals surface area contributed by atoms with E-state index < -0.39 is 23.8 Å². The highest BCUT2D eigenvalue weighted by atomic mass is 16.4. The Balaban J connectivity index is 3.10. The molecule has 1 aliphatic rings. The zero-order valence-electron chi connectivity index (χ0n) is 11.6. The summed E-state index contributed by atoms with van der Waals surface area (Å²) in [5.41, 5.74) is 0. The average molecular weight is 256 g/mol. The van der Waals surface area contributed by atoms with Crippen LogP contribution in [-0.2, 0) is 9.59 Å². The van der Waals surface area contributed by atoms with E-state index in [9.17, 15) is 19.8 Å². The van der Waals surface area contributed by atoms with Crippen molar-refractivity contribution >= 4 is 11.9 Å². The van der Waals surface area contributed by atoms with Crippen LogP contribution in [0.2, 0.25) is 0 Å². The molecule has 1 fully saturated rings. The predicted molar refractivity (Wildman–Crippen MR) is 68.1 cm³/mol. The summed E-state index contributed by atoms with van der Waals surface area (Å²) >= 11 is 0. The molecule has 0 radical (unpaired) electrons. The second-order valence-electron chi connectivity index (χ2n) is 6.12. The van der Waals surface area contributed by atoms with Gasteiger partial charge < -0.3 is 10.2 Å². The maximum Gasteiger partial charge on any atom is 0.307 e. The lowest BCUT2D eigenvalue weighted by Gasteiger charge is -2.42. The third-order valence-corrected chi connectivity index (χ3v) is 4.43.